The molecule has 24 heavy (non-hydrogen) atoms. The lowest BCUT2D eigenvalue weighted by molar-refractivity contribution is -0.116. The van der Waals surface area contributed by atoms with Gasteiger partial charge in [0, 0.05) is 18.4 Å². The van der Waals surface area contributed by atoms with Crippen LogP contribution in [0.3, 0.4) is 0 Å². The van der Waals surface area contributed by atoms with Gasteiger partial charge in [0.05, 0.1) is 12.2 Å². The Morgan fingerprint density at radius 2 is 2.00 bits per heavy atom. The Bertz CT molecular complexity index is 816. The minimum Gasteiger partial charge on any atom is -0.376 e. The second-order valence-corrected chi connectivity index (χ2v) is 5.40. The first-order valence-electron chi connectivity index (χ1n) is 7.54. The molecule has 0 saturated heterocycles. The predicted molar refractivity (Wildman–Crippen MR) is 92.2 cm³/mol. The smallest absolute Gasteiger partial charge is 0.246 e. The molecule has 0 aliphatic heterocycles. The minimum atomic E-state index is -0.0107. The van der Waals surface area contributed by atoms with Crippen LogP contribution in [0.2, 0.25) is 0 Å². The summed E-state index contributed by atoms with van der Waals surface area (Å²) in [6.07, 6.45) is 1.55. The van der Waals surface area contributed by atoms with E-state index in [0.717, 1.165) is 22.6 Å². The molecule has 0 radical (unpaired) electrons. The van der Waals surface area contributed by atoms with Crippen LogP contribution in [0.4, 0.5) is 11.4 Å². The van der Waals surface area contributed by atoms with E-state index in [1.165, 1.54) is 0 Å². The van der Waals surface area contributed by atoms with E-state index in [0.29, 0.717) is 0 Å². The number of tetrazole rings is 1. The van der Waals surface area contributed by atoms with E-state index in [1.807, 2.05) is 55.5 Å². The highest BCUT2D eigenvalue weighted by molar-refractivity contribution is 5.95. The minimum absolute atomic E-state index is 0.0107. The molecule has 0 atom stereocenters. The first kappa shape index (κ1) is 15.7. The monoisotopic (exact) mass is 322 g/mol. The van der Waals surface area contributed by atoms with Gasteiger partial charge in [-0.3, -0.25) is 4.79 Å². The van der Waals surface area contributed by atoms with Crippen LogP contribution in [0.5, 0.6) is 0 Å². The molecule has 1 heterocycles. The SMILES string of the molecule is Cc1cc(NCC(=O)N(C)c2ccccc2)ccc1-n1cnnn1. The maximum Gasteiger partial charge on any atom is 0.246 e. The van der Waals surface area contributed by atoms with Gasteiger partial charge in [-0.25, -0.2) is 4.68 Å². The van der Waals surface area contributed by atoms with Crippen molar-refractivity contribution < 1.29 is 4.79 Å². The number of para-hydroxylation sites is 1. The van der Waals surface area contributed by atoms with Gasteiger partial charge in [-0.15, -0.1) is 5.10 Å². The summed E-state index contributed by atoms with van der Waals surface area (Å²) in [5, 5.41) is 14.3. The molecule has 122 valence electrons. The van der Waals surface area contributed by atoms with Gasteiger partial charge in [0.15, 0.2) is 0 Å². The molecule has 3 rings (SSSR count). The van der Waals surface area contributed by atoms with Gasteiger partial charge >= 0.3 is 0 Å². The van der Waals surface area contributed by atoms with Gasteiger partial charge in [0.2, 0.25) is 5.91 Å². The molecule has 7 heteroatoms. The first-order chi connectivity index (χ1) is 11.6. The lowest BCUT2D eigenvalue weighted by Crippen LogP contribution is -2.32. The van der Waals surface area contributed by atoms with E-state index in [9.17, 15) is 4.79 Å². The number of aryl methyl sites for hydroxylation is 1. The lowest BCUT2D eigenvalue weighted by atomic mass is 10.2. The highest BCUT2D eigenvalue weighted by atomic mass is 16.2. The Balaban J connectivity index is 1.64. The predicted octanol–water partition coefficient (Wildman–Crippen LogP) is 2.05. The summed E-state index contributed by atoms with van der Waals surface area (Å²) in [6.45, 7) is 2.19. The Morgan fingerprint density at radius 1 is 1.21 bits per heavy atom. The average Bonchev–Trinajstić information content (AvgIpc) is 3.14. The van der Waals surface area contributed by atoms with Crippen molar-refractivity contribution in [1.82, 2.24) is 20.2 Å². The zero-order valence-electron chi connectivity index (χ0n) is 13.5. The number of carbonyl (C=O) groups is 1. The zero-order valence-corrected chi connectivity index (χ0v) is 13.5. The van der Waals surface area contributed by atoms with Gasteiger partial charge in [0.1, 0.15) is 6.33 Å². The maximum absolute atomic E-state index is 12.3. The third-order valence-corrected chi connectivity index (χ3v) is 3.75. The highest BCUT2D eigenvalue weighted by Gasteiger charge is 2.10. The summed E-state index contributed by atoms with van der Waals surface area (Å²) in [6, 6.07) is 15.3. The Kier molecular flexibility index (Phi) is 4.51. The number of benzene rings is 2. The van der Waals surface area contributed by atoms with Crippen LogP contribution in [0, 0.1) is 6.92 Å². The standard InChI is InChI=1S/C17H18N6O/c1-13-10-14(8-9-16(13)23-12-19-20-21-23)18-11-17(24)22(2)15-6-4-3-5-7-15/h3-10,12,18H,11H2,1-2H3. The van der Waals surface area contributed by atoms with Crippen LogP contribution in [0.1, 0.15) is 5.56 Å². The fourth-order valence-corrected chi connectivity index (χ4v) is 2.39. The molecular weight excluding hydrogens is 304 g/mol. The molecule has 0 aliphatic rings. The first-order valence-corrected chi connectivity index (χ1v) is 7.54. The summed E-state index contributed by atoms with van der Waals surface area (Å²) in [5.41, 5.74) is 3.66. The third-order valence-electron chi connectivity index (χ3n) is 3.75. The molecule has 0 spiro atoms. The Morgan fingerprint density at radius 3 is 2.67 bits per heavy atom. The van der Waals surface area contributed by atoms with Crippen LogP contribution >= 0.6 is 0 Å². The number of anilines is 2. The van der Waals surface area contributed by atoms with Gasteiger partial charge in [-0.05, 0) is 53.2 Å². The topological polar surface area (TPSA) is 75.9 Å². The van der Waals surface area contributed by atoms with Crippen molar-refractivity contribution in [3.63, 3.8) is 0 Å². The number of nitrogens with one attached hydrogen (secondary N) is 1. The highest BCUT2D eigenvalue weighted by Crippen LogP contribution is 2.18. The lowest BCUT2D eigenvalue weighted by Gasteiger charge is -2.18. The molecule has 2 aromatic carbocycles. The summed E-state index contributed by atoms with van der Waals surface area (Å²) in [5.74, 6) is -0.0107. The molecule has 1 N–H and O–H groups in total. The van der Waals surface area contributed by atoms with Gasteiger partial charge < -0.3 is 10.2 Å². The number of likely N-dealkylation sites (N-methyl/N-ethyl adjacent to an activating group) is 1. The van der Waals surface area contributed by atoms with Crippen molar-refractivity contribution in [3.8, 4) is 5.69 Å². The largest absolute Gasteiger partial charge is 0.376 e. The van der Waals surface area contributed by atoms with Crippen molar-refractivity contribution in [2.45, 2.75) is 6.92 Å². The van der Waals surface area contributed by atoms with Crippen LogP contribution in [0.25, 0.3) is 5.69 Å². The quantitative estimate of drug-likeness (QED) is 0.778. The zero-order chi connectivity index (χ0) is 16.9. The van der Waals surface area contributed by atoms with Crippen LogP contribution < -0.4 is 10.2 Å². The van der Waals surface area contributed by atoms with Crippen molar-refractivity contribution >= 4 is 17.3 Å². The normalized spacial score (nSPS) is 10.4. The molecular formula is C17H18N6O. The second kappa shape index (κ2) is 6.91. The summed E-state index contributed by atoms with van der Waals surface area (Å²) in [4.78, 5) is 13.9. The van der Waals surface area contributed by atoms with Gasteiger partial charge in [-0.1, -0.05) is 18.2 Å². The van der Waals surface area contributed by atoms with Crippen LogP contribution in [0.15, 0.2) is 54.9 Å². The van der Waals surface area contributed by atoms with E-state index >= 15 is 0 Å². The molecule has 1 amide bonds. The van der Waals surface area contributed by atoms with E-state index < -0.39 is 0 Å². The number of rotatable bonds is 5. The summed E-state index contributed by atoms with van der Waals surface area (Å²) >= 11 is 0. The van der Waals surface area contributed by atoms with E-state index in [2.05, 4.69) is 20.8 Å². The molecule has 0 aliphatic carbocycles. The molecule has 3 aromatic rings. The fourth-order valence-electron chi connectivity index (χ4n) is 2.39. The summed E-state index contributed by atoms with van der Waals surface area (Å²) in [7, 11) is 1.77. The molecule has 7 nitrogen and oxygen atoms in total. The molecule has 0 fully saturated rings. The molecule has 0 saturated carbocycles. The molecule has 0 unspecified atom stereocenters. The van der Waals surface area contributed by atoms with Gasteiger partial charge in [0.25, 0.3) is 0 Å². The average molecular weight is 322 g/mol. The van der Waals surface area contributed by atoms with Crippen molar-refractivity contribution in [1.29, 1.82) is 0 Å². The number of hydrogen-bond donors (Lipinski definition) is 1. The third kappa shape index (κ3) is 3.40. The summed E-state index contributed by atoms with van der Waals surface area (Å²) < 4.78 is 1.60. The fraction of sp³-hybridized carbons (Fsp3) is 0.176. The van der Waals surface area contributed by atoms with Gasteiger partial charge in [-0.2, -0.15) is 0 Å². The number of hydrogen-bond acceptors (Lipinski definition) is 5. The molecule has 1 aromatic heterocycles. The van der Waals surface area contributed by atoms with Crippen molar-refractivity contribution in [2.75, 3.05) is 23.8 Å². The van der Waals surface area contributed by atoms with Crippen LogP contribution in [-0.2, 0) is 4.79 Å². The van der Waals surface area contributed by atoms with Crippen molar-refractivity contribution in [2.24, 2.45) is 0 Å². The molecule has 0 bridgehead atoms. The number of amides is 1. The Hall–Kier alpha value is -3.22. The van der Waals surface area contributed by atoms with Crippen LogP contribution in [-0.4, -0.2) is 39.7 Å². The number of aromatic nitrogens is 4. The van der Waals surface area contributed by atoms with E-state index in [1.54, 1.807) is 23.0 Å². The van der Waals surface area contributed by atoms with E-state index in [4.69, 9.17) is 0 Å². The maximum atomic E-state index is 12.3. The Labute approximate surface area is 139 Å². The number of nitrogens with zero attached hydrogens (tertiary/aromatic N) is 5. The van der Waals surface area contributed by atoms with Crippen molar-refractivity contribution in [3.05, 3.63) is 60.4 Å². The second-order valence-electron chi connectivity index (χ2n) is 5.40. The van der Waals surface area contributed by atoms with E-state index in [-0.39, 0.29) is 12.5 Å². The number of carbonyl (C=O) groups excluding carboxylic acids is 1.